The number of carboxylic acids is 1. The molecule has 38 heavy (non-hydrogen) atoms. The van der Waals surface area contributed by atoms with Crippen molar-refractivity contribution in [2.45, 2.75) is 51.6 Å². The third-order valence-corrected chi connectivity index (χ3v) is 7.03. The van der Waals surface area contributed by atoms with E-state index in [2.05, 4.69) is 15.7 Å². The summed E-state index contributed by atoms with van der Waals surface area (Å²) >= 11 is 6.22. The second-order valence-corrected chi connectivity index (χ2v) is 9.66. The van der Waals surface area contributed by atoms with Crippen LogP contribution in [0, 0.1) is 23.9 Å². The fourth-order valence-corrected chi connectivity index (χ4v) is 5.11. The quantitative estimate of drug-likeness (QED) is 0.292. The summed E-state index contributed by atoms with van der Waals surface area (Å²) in [7, 11) is 0. The third-order valence-electron chi connectivity index (χ3n) is 6.72. The minimum absolute atomic E-state index is 0.0159. The maximum absolute atomic E-state index is 15.1. The Hall–Kier alpha value is -3.99. The Bertz CT molecular complexity index is 1370. The van der Waals surface area contributed by atoms with E-state index in [4.69, 9.17) is 16.7 Å². The number of carbonyl (C=O) groups is 3. The van der Waals surface area contributed by atoms with Crippen molar-refractivity contribution in [1.82, 2.24) is 15.1 Å². The highest BCUT2D eigenvalue weighted by Crippen LogP contribution is 2.33. The molecule has 200 valence electrons. The summed E-state index contributed by atoms with van der Waals surface area (Å²) < 4.78 is 16.8. The van der Waals surface area contributed by atoms with Crippen molar-refractivity contribution in [2.75, 3.05) is 5.32 Å². The highest BCUT2D eigenvalue weighted by Gasteiger charge is 2.32. The lowest BCUT2D eigenvalue weighted by atomic mass is 9.83. The molecule has 0 radical (unpaired) electrons. The first-order chi connectivity index (χ1) is 18.2. The number of benzene rings is 1. The van der Waals surface area contributed by atoms with Crippen LogP contribution in [0.2, 0.25) is 5.02 Å². The standard InChI is InChI=1S/C26H27ClFN5O5/c1-15-23(19(27)10-12-33(15)38)18-8-7-17(13-20(18)28)30-26(37)24(16-5-3-2-4-6-16)31-25(36)21-9-11-29-32(21)14-22(34)35/h7-13,16,24H,2-6,14H2,1H3,(H,30,37)(H,31,36)(H,34,35)/t24-/m0/s1. The second kappa shape index (κ2) is 11.6. The van der Waals surface area contributed by atoms with Crippen molar-refractivity contribution in [3.8, 4) is 11.1 Å². The number of carbonyl (C=O) groups excluding carboxylic acids is 2. The van der Waals surface area contributed by atoms with Crippen molar-refractivity contribution in [1.29, 1.82) is 0 Å². The minimum Gasteiger partial charge on any atom is -0.618 e. The summed E-state index contributed by atoms with van der Waals surface area (Å²) in [5.41, 5.74) is 0.781. The molecule has 4 rings (SSSR count). The van der Waals surface area contributed by atoms with Gasteiger partial charge in [-0.25, -0.2) is 9.07 Å². The SMILES string of the molecule is Cc1c(-c2ccc(NC(=O)[C@@H](NC(=O)c3ccnn3CC(=O)O)C3CCCCC3)cc2F)c(Cl)cc[n+]1[O-]. The Morgan fingerprint density at radius 2 is 1.97 bits per heavy atom. The largest absolute Gasteiger partial charge is 0.618 e. The van der Waals surface area contributed by atoms with Crippen LogP contribution in [0.5, 0.6) is 0 Å². The van der Waals surface area contributed by atoms with Gasteiger partial charge in [-0.3, -0.25) is 14.4 Å². The van der Waals surface area contributed by atoms with Crippen LogP contribution >= 0.6 is 11.6 Å². The Kier molecular flexibility index (Phi) is 8.26. The van der Waals surface area contributed by atoms with E-state index in [0.717, 1.165) is 42.9 Å². The molecule has 1 aromatic carbocycles. The monoisotopic (exact) mass is 543 g/mol. The molecule has 2 heterocycles. The smallest absolute Gasteiger partial charge is 0.325 e. The van der Waals surface area contributed by atoms with Gasteiger partial charge in [-0.05, 0) is 43.0 Å². The molecule has 1 atom stereocenters. The van der Waals surface area contributed by atoms with Crippen LogP contribution < -0.4 is 15.4 Å². The zero-order valence-corrected chi connectivity index (χ0v) is 21.4. The van der Waals surface area contributed by atoms with E-state index >= 15 is 4.39 Å². The van der Waals surface area contributed by atoms with Gasteiger partial charge in [0.2, 0.25) is 5.91 Å². The maximum atomic E-state index is 15.1. The molecule has 1 aliphatic rings. The molecule has 0 aliphatic heterocycles. The molecule has 12 heteroatoms. The zero-order valence-electron chi connectivity index (χ0n) is 20.6. The van der Waals surface area contributed by atoms with Crippen LogP contribution in [0.3, 0.4) is 0 Å². The van der Waals surface area contributed by atoms with Gasteiger partial charge in [0.15, 0.2) is 11.9 Å². The summed E-state index contributed by atoms with van der Waals surface area (Å²) in [5.74, 6) is -3.14. The van der Waals surface area contributed by atoms with Gasteiger partial charge in [0.25, 0.3) is 5.91 Å². The number of nitrogens with zero attached hydrogens (tertiary/aromatic N) is 3. The van der Waals surface area contributed by atoms with Crippen LogP contribution in [0.1, 0.15) is 48.3 Å². The second-order valence-electron chi connectivity index (χ2n) is 9.25. The first kappa shape index (κ1) is 27.1. The first-order valence-corrected chi connectivity index (χ1v) is 12.6. The lowest BCUT2D eigenvalue weighted by Crippen LogP contribution is -2.49. The van der Waals surface area contributed by atoms with Gasteiger partial charge in [-0.15, -0.1) is 0 Å². The van der Waals surface area contributed by atoms with Crippen molar-refractivity contribution >= 4 is 35.1 Å². The molecule has 2 aromatic heterocycles. The average molecular weight is 544 g/mol. The molecular weight excluding hydrogens is 517 g/mol. The number of amides is 2. The third kappa shape index (κ3) is 5.94. The minimum atomic E-state index is -1.16. The topological polar surface area (TPSA) is 140 Å². The fourth-order valence-electron chi connectivity index (χ4n) is 4.81. The van der Waals surface area contributed by atoms with Gasteiger partial charge < -0.3 is 20.9 Å². The number of rotatable bonds is 8. The molecule has 3 N–H and O–H groups in total. The Morgan fingerprint density at radius 1 is 1.24 bits per heavy atom. The summed E-state index contributed by atoms with van der Waals surface area (Å²) in [5, 5.41) is 30.6. The van der Waals surface area contributed by atoms with E-state index in [9.17, 15) is 19.6 Å². The van der Waals surface area contributed by atoms with Gasteiger partial charge in [-0.2, -0.15) is 9.83 Å². The molecule has 10 nitrogen and oxygen atoms in total. The molecule has 1 fully saturated rings. The van der Waals surface area contributed by atoms with Crippen molar-refractivity contribution in [3.63, 3.8) is 0 Å². The zero-order chi connectivity index (χ0) is 27.4. The molecule has 3 aromatic rings. The molecular formula is C26H27ClFN5O5. The molecule has 2 amide bonds. The number of carboxylic acid groups (broad SMARTS) is 1. The van der Waals surface area contributed by atoms with Crippen molar-refractivity contribution in [2.24, 2.45) is 5.92 Å². The molecule has 0 saturated heterocycles. The fraction of sp³-hybridized carbons (Fsp3) is 0.346. The van der Waals surface area contributed by atoms with E-state index in [-0.39, 0.29) is 39.1 Å². The normalized spacial score (nSPS) is 14.6. The van der Waals surface area contributed by atoms with Crippen molar-refractivity contribution in [3.05, 3.63) is 70.2 Å². The summed E-state index contributed by atoms with van der Waals surface area (Å²) in [4.78, 5) is 37.5. The number of aliphatic carboxylic acids is 1. The van der Waals surface area contributed by atoms with Crippen LogP contribution in [-0.2, 0) is 16.1 Å². The number of hydrogen-bond acceptors (Lipinski definition) is 5. The van der Waals surface area contributed by atoms with Gasteiger partial charge in [0.1, 0.15) is 24.1 Å². The molecule has 0 bridgehead atoms. The van der Waals surface area contributed by atoms with Crippen molar-refractivity contribution < 1.29 is 28.6 Å². The number of anilines is 1. The highest BCUT2D eigenvalue weighted by atomic mass is 35.5. The first-order valence-electron chi connectivity index (χ1n) is 12.2. The molecule has 0 spiro atoms. The van der Waals surface area contributed by atoms with Gasteiger partial charge in [-0.1, -0.05) is 30.9 Å². The van der Waals surface area contributed by atoms with Crippen LogP contribution in [0.25, 0.3) is 11.1 Å². The highest BCUT2D eigenvalue weighted by molar-refractivity contribution is 6.33. The lowest BCUT2D eigenvalue weighted by Gasteiger charge is -2.30. The Labute approximate surface area is 223 Å². The molecule has 1 saturated carbocycles. The number of pyridine rings is 1. The van der Waals surface area contributed by atoms with Gasteiger partial charge in [0.05, 0.1) is 10.6 Å². The Morgan fingerprint density at radius 3 is 2.66 bits per heavy atom. The van der Waals surface area contributed by atoms with Gasteiger partial charge in [0, 0.05) is 30.4 Å². The van der Waals surface area contributed by atoms with Crippen LogP contribution in [0.15, 0.2) is 42.7 Å². The number of halogens is 2. The average Bonchev–Trinajstić information content (AvgIpc) is 3.34. The summed E-state index contributed by atoms with van der Waals surface area (Å²) in [6.45, 7) is 1.03. The predicted octanol–water partition coefficient (Wildman–Crippen LogP) is 3.69. The lowest BCUT2D eigenvalue weighted by molar-refractivity contribution is -0.611. The van der Waals surface area contributed by atoms with E-state index in [1.807, 2.05) is 0 Å². The van der Waals surface area contributed by atoms with E-state index < -0.39 is 36.2 Å². The Balaban J connectivity index is 1.56. The van der Waals surface area contributed by atoms with Crippen LogP contribution in [-0.4, -0.2) is 38.7 Å². The summed E-state index contributed by atoms with van der Waals surface area (Å²) in [6, 6.07) is 5.89. The molecule has 1 aliphatic carbocycles. The summed E-state index contributed by atoms with van der Waals surface area (Å²) in [6.07, 6.45) is 6.83. The van der Waals surface area contributed by atoms with E-state index in [1.165, 1.54) is 43.6 Å². The number of aromatic nitrogens is 3. The van der Waals surface area contributed by atoms with Gasteiger partial charge >= 0.3 is 5.97 Å². The number of nitrogens with one attached hydrogen (secondary N) is 2. The maximum Gasteiger partial charge on any atom is 0.325 e. The van der Waals surface area contributed by atoms with E-state index in [1.54, 1.807) is 0 Å². The predicted molar refractivity (Wildman–Crippen MR) is 137 cm³/mol. The molecule has 0 unspecified atom stereocenters. The van der Waals surface area contributed by atoms with E-state index in [0.29, 0.717) is 4.73 Å². The van der Waals surface area contributed by atoms with Crippen LogP contribution in [0.4, 0.5) is 10.1 Å². The number of hydrogen-bond donors (Lipinski definition) is 3.